The molecule has 278 valence electrons. The Bertz CT molecular complexity index is 2040. The average molecular weight is 723 g/mol. The molecule has 3 heterocycles. The van der Waals surface area contributed by atoms with Crippen molar-refractivity contribution in [1.82, 2.24) is 15.1 Å². The van der Waals surface area contributed by atoms with Crippen LogP contribution in [0.2, 0.25) is 0 Å². The second-order valence-corrected chi connectivity index (χ2v) is 15.5. The Balaban J connectivity index is 0.788. The number of aryl methyl sites for hydroxylation is 2. The van der Waals surface area contributed by atoms with E-state index in [0.29, 0.717) is 41.3 Å². The summed E-state index contributed by atoms with van der Waals surface area (Å²) in [4.78, 5) is 45.0. The summed E-state index contributed by atoms with van der Waals surface area (Å²) in [5.74, 6) is -0.0754. The van der Waals surface area contributed by atoms with Gasteiger partial charge in [-0.25, -0.2) is 0 Å². The van der Waals surface area contributed by atoms with Crippen molar-refractivity contribution >= 4 is 23.4 Å². The van der Waals surface area contributed by atoms with Gasteiger partial charge in [-0.15, -0.1) is 0 Å². The Morgan fingerprint density at radius 2 is 1.48 bits per heavy atom. The zero-order chi connectivity index (χ0) is 37.2. The number of benzene rings is 4. The Morgan fingerprint density at radius 1 is 0.722 bits per heavy atom. The molecular weight excluding hydrogens is 673 g/mol. The molecule has 2 saturated heterocycles. The molecule has 1 unspecified atom stereocenters. The fraction of sp³-hybridized carbons (Fsp3) is 0.370. The number of aromatic hydroxyl groups is 1. The van der Waals surface area contributed by atoms with Crippen LogP contribution >= 0.6 is 0 Å². The molecule has 8 heteroatoms. The number of fused-ring (bicyclic) bond motifs is 2. The molecule has 0 radical (unpaired) electrons. The van der Waals surface area contributed by atoms with Gasteiger partial charge in [0.1, 0.15) is 11.8 Å². The third-order valence-electron chi connectivity index (χ3n) is 12.1. The monoisotopic (exact) mass is 722 g/mol. The zero-order valence-corrected chi connectivity index (χ0v) is 31.0. The number of carbonyl (C=O) groups excluding carboxylic acids is 3. The van der Waals surface area contributed by atoms with Gasteiger partial charge >= 0.3 is 0 Å². The highest BCUT2D eigenvalue weighted by molar-refractivity contribution is 6.23. The van der Waals surface area contributed by atoms with Crippen LogP contribution in [-0.2, 0) is 17.6 Å². The minimum absolute atomic E-state index is 0.260. The fourth-order valence-electron chi connectivity index (χ4n) is 9.17. The van der Waals surface area contributed by atoms with E-state index in [1.165, 1.54) is 34.4 Å². The minimum Gasteiger partial charge on any atom is -0.508 e. The SMILES string of the molecule is C=C1CCC(N2C(=O)c3ccc(CCCCCCN4CCN(c5ccc([C@H]6c7ccc(O)cc7CC[C@H]6c6ccccc6)cc5)CC4)cc3C2=O)C(=O)N1. The number of hydrogen-bond donors (Lipinski definition) is 2. The summed E-state index contributed by atoms with van der Waals surface area (Å²) in [5.41, 5.74) is 9.08. The topological polar surface area (TPSA) is 93.2 Å². The number of nitrogens with zero attached hydrogens (tertiary/aromatic N) is 3. The first kappa shape index (κ1) is 35.8. The summed E-state index contributed by atoms with van der Waals surface area (Å²) in [6.07, 6.45) is 8.35. The highest BCUT2D eigenvalue weighted by Gasteiger charge is 2.44. The number of rotatable bonds is 11. The van der Waals surface area contributed by atoms with E-state index in [1.807, 2.05) is 24.3 Å². The van der Waals surface area contributed by atoms with Gasteiger partial charge in [-0.2, -0.15) is 0 Å². The normalized spacial score (nSPS) is 21.6. The summed E-state index contributed by atoms with van der Waals surface area (Å²) in [7, 11) is 0. The van der Waals surface area contributed by atoms with Crippen molar-refractivity contribution in [2.24, 2.45) is 0 Å². The molecule has 3 atom stereocenters. The van der Waals surface area contributed by atoms with Crippen molar-refractivity contribution < 1.29 is 19.5 Å². The number of imide groups is 1. The molecule has 4 aromatic carbocycles. The first-order chi connectivity index (χ1) is 26.3. The van der Waals surface area contributed by atoms with E-state index in [4.69, 9.17) is 0 Å². The second kappa shape index (κ2) is 15.6. The van der Waals surface area contributed by atoms with E-state index in [1.54, 1.807) is 6.07 Å². The van der Waals surface area contributed by atoms with Crippen molar-refractivity contribution in [1.29, 1.82) is 0 Å². The molecule has 3 amide bonds. The predicted molar refractivity (Wildman–Crippen MR) is 212 cm³/mol. The van der Waals surface area contributed by atoms with Crippen LogP contribution in [0.25, 0.3) is 0 Å². The quantitative estimate of drug-likeness (QED) is 0.123. The van der Waals surface area contributed by atoms with E-state index in [0.717, 1.165) is 81.7 Å². The van der Waals surface area contributed by atoms with Gasteiger partial charge in [0.15, 0.2) is 0 Å². The standard InChI is InChI=1S/C46H50N4O4/c1-31-12-23-42(44(52)47-31)50-45(53)40-20-13-32(29-41(40)46(50)54)9-5-2-3-8-24-48-25-27-49(28-26-48)36-17-14-34(15-18-36)43-38(33-10-6-4-7-11-33)21-16-35-30-37(51)19-22-39(35)43/h4,6-7,10-11,13-15,17-20,22,29-30,38,42-43,51H,1-3,5,8-9,12,16,21,23-28H2,(H,47,52)/t38-,42?,43+/m0/s1. The molecule has 54 heavy (non-hydrogen) atoms. The van der Waals surface area contributed by atoms with Crippen LogP contribution in [-0.4, -0.2) is 71.4 Å². The summed E-state index contributed by atoms with van der Waals surface area (Å²) >= 11 is 0. The molecule has 4 aromatic rings. The lowest BCUT2D eigenvalue weighted by atomic mass is 9.69. The minimum atomic E-state index is -0.780. The van der Waals surface area contributed by atoms with Crippen molar-refractivity contribution in [3.8, 4) is 5.75 Å². The van der Waals surface area contributed by atoms with Crippen LogP contribution < -0.4 is 10.2 Å². The van der Waals surface area contributed by atoms with E-state index >= 15 is 0 Å². The van der Waals surface area contributed by atoms with Crippen molar-refractivity contribution in [3.05, 3.63) is 142 Å². The van der Waals surface area contributed by atoms with E-state index in [2.05, 4.69) is 82.4 Å². The molecule has 3 aliphatic heterocycles. The van der Waals surface area contributed by atoms with Gasteiger partial charge in [0.2, 0.25) is 5.91 Å². The third kappa shape index (κ3) is 7.32. The highest BCUT2D eigenvalue weighted by atomic mass is 16.3. The summed E-state index contributed by atoms with van der Waals surface area (Å²) < 4.78 is 0. The lowest BCUT2D eigenvalue weighted by Gasteiger charge is -2.37. The van der Waals surface area contributed by atoms with Gasteiger partial charge in [-0.1, -0.05) is 74.0 Å². The van der Waals surface area contributed by atoms with Crippen LogP contribution in [0.5, 0.6) is 5.75 Å². The number of phenols is 1. The number of nitrogens with one attached hydrogen (secondary N) is 1. The van der Waals surface area contributed by atoms with E-state index < -0.39 is 6.04 Å². The maximum absolute atomic E-state index is 13.2. The van der Waals surface area contributed by atoms with Gasteiger partial charge in [0, 0.05) is 43.5 Å². The smallest absolute Gasteiger partial charge is 0.262 e. The summed E-state index contributed by atoms with van der Waals surface area (Å²) in [6.45, 7) is 9.08. The number of unbranched alkanes of at least 4 members (excludes halogenated alkanes) is 3. The number of allylic oxidation sites excluding steroid dienone is 1. The predicted octanol–water partition coefficient (Wildman–Crippen LogP) is 7.57. The first-order valence-electron chi connectivity index (χ1n) is 19.8. The summed E-state index contributed by atoms with van der Waals surface area (Å²) in [5, 5.41) is 12.9. The van der Waals surface area contributed by atoms with Crippen molar-refractivity contribution in [2.45, 2.75) is 75.7 Å². The lowest BCUT2D eigenvalue weighted by molar-refractivity contribution is -0.125. The van der Waals surface area contributed by atoms with Crippen LogP contribution in [0, 0.1) is 0 Å². The highest BCUT2D eigenvalue weighted by Crippen LogP contribution is 2.47. The van der Waals surface area contributed by atoms with Gasteiger partial charge in [-0.05, 0) is 122 Å². The summed E-state index contributed by atoms with van der Waals surface area (Å²) in [6, 6.07) is 30.8. The van der Waals surface area contributed by atoms with Crippen LogP contribution in [0.4, 0.5) is 5.69 Å². The van der Waals surface area contributed by atoms with E-state index in [-0.39, 0.29) is 23.6 Å². The van der Waals surface area contributed by atoms with Gasteiger partial charge in [0.25, 0.3) is 11.8 Å². The molecule has 1 aliphatic carbocycles. The Morgan fingerprint density at radius 3 is 2.26 bits per heavy atom. The van der Waals surface area contributed by atoms with Gasteiger partial charge < -0.3 is 15.3 Å². The average Bonchev–Trinajstić information content (AvgIpc) is 3.44. The molecule has 4 aliphatic rings. The van der Waals surface area contributed by atoms with Gasteiger partial charge in [-0.3, -0.25) is 24.2 Å². The van der Waals surface area contributed by atoms with Crippen molar-refractivity contribution in [3.63, 3.8) is 0 Å². The number of anilines is 1. The molecule has 0 aromatic heterocycles. The number of piperidine rings is 1. The number of phenolic OH excluding ortho intramolecular Hbond substituents is 1. The maximum atomic E-state index is 13.2. The lowest BCUT2D eigenvalue weighted by Crippen LogP contribution is -2.51. The van der Waals surface area contributed by atoms with Gasteiger partial charge in [0.05, 0.1) is 11.1 Å². The largest absolute Gasteiger partial charge is 0.508 e. The molecule has 8 nitrogen and oxygen atoms in total. The third-order valence-corrected chi connectivity index (χ3v) is 12.1. The molecule has 0 bridgehead atoms. The first-order valence-corrected chi connectivity index (χ1v) is 19.8. The number of carbonyl (C=O) groups is 3. The zero-order valence-electron chi connectivity index (χ0n) is 31.0. The van der Waals surface area contributed by atoms with E-state index in [9.17, 15) is 19.5 Å². The Hall–Kier alpha value is -5.21. The molecular formula is C46H50N4O4. The maximum Gasteiger partial charge on any atom is 0.262 e. The number of piperazine rings is 1. The second-order valence-electron chi connectivity index (χ2n) is 15.5. The Labute approximate surface area is 318 Å². The van der Waals surface area contributed by atoms with Crippen LogP contribution in [0.1, 0.15) is 105 Å². The molecule has 0 saturated carbocycles. The molecule has 2 N–H and O–H groups in total. The molecule has 2 fully saturated rings. The fourth-order valence-corrected chi connectivity index (χ4v) is 9.17. The van der Waals surface area contributed by atoms with Crippen LogP contribution in [0.15, 0.2) is 103 Å². The molecule has 8 rings (SSSR count). The Kier molecular flexibility index (Phi) is 10.4. The number of amides is 3. The van der Waals surface area contributed by atoms with Crippen molar-refractivity contribution in [2.75, 3.05) is 37.6 Å². The van der Waals surface area contributed by atoms with Crippen LogP contribution in [0.3, 0.4) is 0 Å². The number of hydrogen-bond acceptors (Lipinski definition) is 6. The molecule has 0 spiro atoms.